The number of nitrogens with one attached hydrogen (secondary N) is 3. The van der Waals surface area contributed by atoms with Crippen molar-refractivity contribution in [1.29, 1.82) is 0 Å². The third kappa shape index (κ3) is 6.88. The third-order valence-electron chi connectivity index (χ3n) is 4.67. The van der Waals surface area contributed by atoms with Crippen molar-refractivity contribution < 1.29 is 4.74 Å². The van der Waals surface area contributed by atoms with Gasteiger partial charge in [-0.3, -0.25) is 4.99 Å². The van der Waals surface area contributed by atoms with E-state index in [1.165, 1.54) is 22.0 Å². The second kappa shape index (κ2) is 11.6. The number of hydrogen-bond acceptors (Lipinski definition) is 3. The second-order valence-electron chi connectivity index (χ2n) is 6.90. The molecule has 150 valence electrons. The van der Waals surface area contributed by atoms with Crippen LogP contribution in [0.2, 0.25) is 0 Å². The number of hydrogen-bond donors (Lipinski definition) is 3. The first kappa shape index (κ1) is 21.3. The highest BCUT2D eigenvalue weighted by molar-refractivity contribution is 5.86. The fourth-order valence-corrected chi connectivity index (χ4v) is 3.23. The number of benzene rings is 1. The molecule has 0 fully saturated rings. The lowest BCUT2D eigenvalue weighted by molar-refractivity contribution is 0.180. The van der Waals surface area contributed by atoms with Crippen LogP contribution in [0.15, 0.2) is 29.4 Å². The molecule has 2 aromatic rings. The Hall–Kier alpha value is -2.05. The first-order valence-electron chi connectivity index (χ1n) is 9.91. The quantitative estimate of drug-likeness (QED) is 0.322. The van der Waals surface area contributed by atoms with Crippen LogP contribution in [-0.2, 0) is 11.2 Å². The number of methoxy groups -OCH3 is 1. The zero-order chi connectivity index (χ0) is 19.5. The van der Waals surface area contributed by atoms with Gasteiger partial charge in [0.2, 0.25) is 0 Å². The highest BCUT2D eigenvalue weighted by Gasteiger charge is 2.06. The Labute approximate surface area is 163 Å². The minimum Gasteiger partial charge on any atom is -0.385 e. The lowest BCUT2D eigenvalue weighted by atomic mass is 10.1. The van der Waals surface area contributed by atoms with Crippen LogP contribution in [-0.4, -0.2) is 69.3 Å². The Morgan fingerprint density at radius 3 is 2.89 bits per heavy atom. The molecule has 6 heteroatoms. The van der Waals surface area contributed by atoms with Crippen LogP contribution >= 0.6 is 0 Å². The van der Waals surface area contributed by atoms with E-state index < -0.39 is 0 Å². The van der Waals surface area contributed by atoms with E-state index in [4.69, 9.17) is 9.73 Å². The van der Waals surface area contributed by atoms with Crippen molar-refractivity contribution >= 4 is 16.9 Å². The monoisotopic (exact) mass is 373 g/mol. The highest BCUT2D eigenvalue weighted by Crippen LogP contribution is 2.22. The number of likely N-dealkylation sites (N-methyl/N-ethyl adjacent to an activating group) is 1. The van der Waals surface area contributed by atoms with Crippen LogP contribution in [0.4, 0.5) is 0 Å². The van der Waals surface area contributed by atoms with Crippen molar-refractivity contribution in [1.82, 2.24) is 20.5 Å². The summed E-state index contributed by atoms with van der Waals surface area (Å²) in [6.07, 6.45) is 4.14. The third-order valence-corrected chi connectivity index (χ3v) is 4.67. The maximum atomic E-state index is 5.10. The van der Waals surface area contributed by atoms with Crippen molar-refractivity contribution in [2.24, 2.45) is 4.99 Å². The Morgan fingerprint density at radius 1 is 1.26 bits per heavy atom. The summed E-state index contributed by atoms with van der Waals surface area (Å²) in [5.74, 6) is 0.888. The molecule has 1 heterocycles. The normalized spacial score (nSPS) is 12.1. The van der Waals surface area contributed by atoms with Crippen molar-refractivity contribution in [3.05, 3.63) is 35.5 Å². The van der Waals surface area contributed by atoms with Gasteiger partial charge in [-0.15, -0.1) is 0 Å². The molecule has 0 aliphatic rings. The van der Waals surface area contributed by atoms with E-state index in [1.807, 2.05) is 0 Å². The maximum Gasteiger partial charge on any atom is 0.191 e. The molecule has 0 bridgehead atoms. The second-order valence-corrected chi connectivity index (χ2v) is 6.90. The molecular formula is C21H35N5O. The van der Waals surface area contributed by atoms with Crippen LogP contribution in [0.25, 0.3) is 10.9 Å². The van der Waals surface area contributed by atoms with E-state index in [0.717, 1.165) is 58.1 Å². The first-order valence-corrected chi connectivity index (χ1v) is 9.91. The standard InChI is InChI=1S/C21H35N5O/c1-5-22-21(24-12-14-26(3)13-7-15-27-4)23-11-10-18-16-25-19-9-6-8-17(2)20(18)19/h6,8-9,16,25H,5,7,10-15H2,1-4H3,(H2,22,23,24). The number of aromatic amines is 1. The lowest BCUT2D eigenvalue weighted by Gasteiger charge is -2.16. The van der Waals surface area contributed by atoms with Gasteiger partial charge in [0, 0.05) is 57.0 Å². The fraction of sp³-hybridized carbons (Fsp3) is 0.571. The zero-order valence-corrected chi connectivity index (χ0v) is 17.3. The average molecular weight is 374 g/mol. The van der Waals surface area contributed by atoms with Crippen molar-refractivity contribution in [3.8, 4) is 0 Å². The Bertz CT molecular complexity index is 710. The summed E-state index contributed by atoms with van der Waals surface area (Å²) in [4.78, 5) is 10.4. The summed E-state index contributed by atoms with van der Waals surface area (Å²) in [6, 6.07) is 6.40. The largest absolute Gasteiger partial charge is 0.385 e. The molecule has 1 aromatic heterocycles. The SMILES string of the molecule is CCNC(=NCCN(C)CCCOC)NCCc1c[nH]c2cccc(C)c12. The van der Waals surface area contributed by atoms with E-state index in [2.05, 4.69) is 65.8 Å². The smallest absolute Gasteiger partial charge is 0.191 e. The van der Waals surface area contributed by atoms with Crippen molar-refractivity contribution in [2.45, 2.75) is 26.7 Å². The van der Waals surface area contributed by atoms with Crippen LogP contribution in [0.3, 0.4) is 0 Å². The highest BCUT2D eigenvalue weighted by atomic mass is 16.5. The minimum atomic E-state index is 0.783. The number of guanidine groups is 1. The Morgan fingerprint density at radius 2 is 2.11 bits per heavy atom. The van der Waals surface area contributed by atoms with Crippen LogP contribution in [0.1, 0.15) is 24.5 Å². The predicted molar refractivity (Wildman–Crippen MR) is 115 cm³/mol. The summed E-state index contributed by atoms with van der Waals surface area (Å²) >= 11 is 0. The van der Waals surface area contributed by atoms with E-state index in [9.17, 15) is 0 Å². The molecular weight excluding hydrogens is 338 g/mol. The lowest BCUT2D eigenvalue weighted by Crippen LogP contribution is -2.39. The maximum absolute atomic E-state index is 5.10. The number of rotatable bonds is 11. The molecule has 0 aliphatic heterocycles. The average Bonchev–Trinajstić information content (AvgIpc) is 3.06. The number of H-pyrrole nitrogens is 1. The molecule has 0 radical (unpaired) electrons. The van der Waals surface area contributed by atoms with Gasteiger partial charge < -0.3 is 25.3 Å². The molecule has 3 N–H and O–H groups in total. The molecule has 6 nitrogen and oxygen atoms in total. The topological polar surface area (TPSA) is 64.7 Å². The van der Waals surface area contributed by atoms with Gasteiger partial charge in [-0.1, -0.05) is 12.1 Å². The molecule has 0 atom stereocenters. The van der Waals surface area contributed by atoms with Gasteiger partial charge in [-0.2, -0.15) is 0 Å². The number of fused-ring (bicyclic) bond motifs is 1. The van der Waals surface area contributed by atoms with Gasteiger partial charge >= 0.3 is 0 Å². The molecule has 0 unspecified atom stereocenters. The summed E-state index contributed by atoms with van der Waals surface area (Å²) in [5, 5.41) is 8.13. The molecule has 0 amide bonds. The molecule has 0 aliphatic carbocycles. The minimum absolute atomic E-state index is 0.783. The van der Waals surface area contributed by atoms with E-state index >= 15 is 0 Å². The predicted octanol–water partition coefficient (Wildman–Crippen LogP) is 2.54. The van der Waals surface area contributed by atoms with Gasteiger partial charge in [-0.05, 0) is 50.9 Å². The molecule has 27 heavy (non-hydrogen) atoms. The van der Waals surface area contributed by atoms with Gasteiger partial charge in [0.05, 0.1) is 6.54 Å². The number of nitrogens with zero attached hydrogens (tertiary/aromatic N) is 2. The molecule has 0 spiro atoms. The van der Waals surface area contributed by atoms with Crippen molar-refractivity contribution in [2.75, 3.05) is 53.5 Å². The Kier molecular flexibility index (Phi) is 9.15. The zero-order valence-electron chi connectivity index (χ0n) is 17.3. The van der Waals surface area contributed by atoms with Gasteiger partial charge in [-0.25, -0.2) is 0 Å². The summed E-state index contributed by atoms with van der Waals surface area (Å²) in [5.41, 5.74) is 3.88. The number of aromatic nitrogens is 1. The van der Waals surface area contributed by atoms with E-state index in [0.29, 0.717) is 0 Å². The number of aliphatic imine (C=N–C) groups is 1. The van der Waals surface area contributed by atoms with Crippen LogP contribution in [0, 0.1) is 6.92 Å². The first-order chi connectivity index (χ1) is 13.2. The summed E-state index contributed by atoms with van der Waals surface area (Å²) in [7, 11) is 3.88. The molecule has 0 saturated carbocycles. The van der Waals surface area contributed by atoms with Gasteiger partial charge in [0.25, 0.3) is 0 Å². The van der Waals surface area contributed by atoms with Gasteiger partial charge in [0.15, 0.2) is 5.96 Å². The van der Waals surface area contributed by atoms with Gasteiger partial charge in [0.1, 0.15) is 0 Å². The summed E-state index contributed by atoms with van der Waals surface area (Å²) in [6.45, 7) is 9.56. The number of aryl methyl sites for hydroxylation is 1. The van der Waals surface area contributed by atoms with E-state index in [-0.39, 0.29) is 0 Å². The van der Waals surface area contributed by atoms with E-state index in [1.54, 1.807) is 7.11 Å². The molecule has 0 saturated heterocycles. The number of ether oxygens (including phenoxy) is 1. The van der Waals surface area contributed by atoms with Crippen molar-refractivity contribution in [3.63, 3.8) is 0 Å². The van der Waals surface area contributed by atoms with Crippen LogP contribution < -0.4 is 10.6 Å². The summed E-state index contributed by atoms with van der Waals surface area (Å²) < 4.78 is 5.10. The Balaban J connectivity index is 1.81. The molecule has 2 rings (SSSR count). The molecule has 1 aromatic carbocycles. The fourth-order valence-electron chi connectivity index (χ4n) is 3.23. The van der Waals surface area contributed by atoms with Crippen LogP contribution in [0.5, 0.6) is 0 Å².